The number of halogens is 5. The van der Waals surface area contributed by atoms with Gasteiger partial charge in [0.1, 0.15) is 17.5 Å². The van der Waals surface area contributed by atoms with Gasteiger partial charge in [-0.1, -0.05) is 0 Å². The van der Waals surface area contributed by atoms with Gasteiger partial charge in [0.15, 0.2) is 11.1 Å². The normalized spacial score (nSPS) is 11.6. The number of nitrogens with zero attached hydrogens (tertiary/aromatic N) is 2. The lowest BCUT2D eigenvalue weighted by atomic mass is 10.1. The molecular formula is C21H12F5N3O. The molecule has 9 heteroatoms. The van der Waals surface area contributed by atoms with E-state index >= 15 is 0 Å². The standard InChI is InChI=1S/C21H12F5N3O/c22-12-1-5-14(6-2-12)28-18-11-17(30)19-16(21(24,25)26)9-10-27-20(19)29(18)15-7-3-13(23)4-8-15/h1-11,28H. The highest BCUT2D eigenvalue weighted by atomic mass is 19.4. The van der Waals surface area contributed by atoms with Crippen LogP contribution < -0.4 is 10.7 Å². The van der Waals surface area contributed by atoms with E-state index in [1.807, 2.05) is 0 Å². The van der Waals surface area contributed by atoms with Gasteiger partial charge >= 0.3 is 6.18 Å². The maximum absolute atomic E-state index is 13.5. The van der Waals surface area contributed by atoms with E-state index in [0.29, 0.717) is 5.69 Å². The van der Waals surface area contributed by atoms with Gasteiger partial charge in [-0.05, 0) is 54.6 Å². The third-order valence-corrected chi connectivity index (χ3v) is 4.40. The molecule has 4 nitrogen and oxygen atoms in total. The summed E-state index contributed by atoms with van der Waals surface area (Å²) < 4.78 is 68.4. The molecule has 0 spiro atoms. The molecule has 1 N–H and O–H groups in total. The van der Waals surface area contributed by atoms with E-state index in [2.05, 4.69) is 10.3 Å². The van der Waals surface area contributed by atoms with Crippen molar-refractivity contribution in [2.45, 2.75) is 6.18 Å². The number of fused-ring (bicyclic) bond motifs is 1. The molecule has 30 heavy (non-hydrogen) atoms. The number of benzene rings is 2. The van der Waals surface area contributed by atoms with Crippen molar-refractivity contribution in [3.05, 3.63) is 94.3 Å². The molecule has 0 fully saturated rings. The van der Waals surface area contributed by atoms with Crippen LogP contribution in [0.3, 0.4) is 0 Å². The molecule has 0 aliphatic carbocycles. The van der Waals surface area contributed by atoms with E-state index in [9.17, 15) is 26.7 Å². The summed E-state index contributed by atoms with van der Waals surface area (Å²) in [5, 5.41) is 2.27. The number of nitrogens with one attached hydrogen (secondary N) is 1. The van der Waals surface area contributed by atoms with Crippen LogP contribution in [-0.4, -0.2) is 9.55 Å². The largest absolute Gasteiger partial charge is 0.417 e. The first-order valence-corrected chi connectivity index (χ1v) is 8.64. The molecular weight excluding hydrogens is 405 g/mol. The number of alkyl halides is 3. The van der Waals surface area contributed by atoms with Crippen molar-refractivity contribution in [1.82, 2.24) is 9.55 Å². The smallest absolute Gasteiger partial charge is 0.341 e. The first-order chi connectivity index (χ1) is 14.2. The second-order valence-corrected chi connectivity index (χ2v) is 6.39. The minimum atomic E-state index is -4.77. The summed E-state index contributed by atoms with van der Waals surface area (Å²) in [6.45, 7) is 0. The fourth-order valence-corrected chi connectivity index (χ4v) is 3.10. The number of aromatic nitrogens is 2. The van der Waals surface area contributed by atoms with Crippen molar-refractivity contribution >= 4 is 22.5 Å². The predicted molar refractivity (Wildman–Crippen MR) is 102 cm³/mol. The van der Waals surface area contributed by atoms with Gasteiger partial charge in [0.05, 0.1) is 10.9 Å². The molecule has 4 aromatic rings. The molecule has 0 saturated carbocycles. The Labute approximate surface area is 166 Å². The van der Waals surface area contributed by atoms with Crippen LogP contribution in [0.1, 0.15) is 5.56 Å². The van der Waals surface area contributed by atoms with Gasteiger partial charge in [0.2, 0.25) is 0 Å². The first kappa shape index (κ1) is 19.6. The number of pyridine rings is 2. The minimum Gasteiger partial charge on any atom is -0.341 e. The van der Waals surface area contributed by atoms with Gasteiger partial charge in [-0.25, -0.2) is 13.8 Å². The molecule has 0 aliphatic heterocycles. The Morgan fingerprint density at radius 1 is 0.867 bits per heavy atom. The summed E-state index contributed by atoms with van der Waals surface area (Å²) in [7, 11) is 0. The zero-order valence-corrected chi connectivity index (χ0v) is 15.0. The third-order valence-electron chi connectivity index (χ3n) is 4.40. The predicted octanol–water partition coefficient (Wildman–Crippen LogP) is 5.43. The molecule has 0 bridgehead atoms. The lowest BCUT2D eigenvalue weighted by Gasteiger charge is -2.19. The maximum atomic E-state index is 13.5. The van der Waals surface area contributed by atoms with Crippen LogP contribution in [0.2, 0.25) is 0 Å². The van der Waals surface area contributed by atoms with E-state index in [0.717, 1.165) is 30.5 Å². The summed E-state index contributed by atoms with van der Waals surface area (Å²) in [6, 6.07) is 11.8. The van der Waals surface area contributed by atoms with E-state index in [-0.39, 0.29) is 17.2 Å². The van der Waals surface area contributed by atoms with Gasteiger partial charge in [-0.2, -0.15) is 13.2 Å². The molecule has 2 heterocycles. The minimum absolute atomic E-state index is 0.0811. The molecule has 152 valence electrons. The average Bonchev–Trinajstić information content (AvgIpc) is 2.70. The molecule has 0 saturated heterocycles. The van der Waals surface area contributed by atoms with Crippen LogP contribution in [0.15, 0.2) is 71.7 Å². The second kappa shape index (κ2) is 7.25. The van der Waals surface area contributed by atoms with Crippen molar-refractivity contribution in [2.24, 2.45) is 0 Å². The fraction of sp³-hybridized carbons (Fsp3) is 0.0476. The van der Waals surface area contributed by atoms with Crippen LogP contribution in [0.25, 0.3) is 16.7 Å². The van der Waals surface area contributed by atoms with Crippen LogP contribution in [-0.2, 0) is 6.18 Å². The Hall–Kier alpha value is -3.75. The first-order valence-electron chi connectivity index (χ1n) is 8.64. The Bertz CT molecular complexity index is 1280. The zero-order valence-electron chi connectivity index (χ0n) is 15.0. The lowest BCUT2D eigenvalue weighted by Crippen LogP contribution is -2.18. The van der Waals surface area contributed by atoms with Crippen molar-refractivity contribution in [3.63, 3.8) is 0 Å². The van der Waals surface area contributed by atoms with Gasteiger partial charge in [-0.15, -0.1) is 0 Å². The quantitative estimate of drug-likeness (QED) is 0.453. The van der Waals surface area contributed by atoms with Crippen LogP contribution in [0, 0.1) is 11.6 Å². The van der Waals surface area contributed by atoms with Gasteiger partial charge in [-0.3, -0.25) is 9.36 Å². The van der Waals surface area contributed by atoms with Crippen molar-refractivity contribution in [1.29, 1.82) is 0 Å². The average molecular weight is 417 g/mol. The van der Waals surface area contributed by atoms with E-state index < -0.39 is 34.2 Å². The lowest BCUT2D eigenvalue weighted by molar-refractivity contribution is -0.136. The molecule has 2 aromatic heterocycles. The highest BCUT2D eigenvalue weighted by Crippen LogP contribution is 2.34. The Morgan fingerprint density at radius 3 is 2.07 bits per heavy atom. The summed E-state index contributed by atoms with van der Waals surface area (Å²) in [5.74, 6) is -0.940. The Kier molecular flexibility index (Phi) is 4.73. The van der Waals surface area contributed by atoms with Gasteiger partial charge < -0.3 is 5.32 Å². The fourth-order valence-electron chi connectivity index (χ4n) is 3.10. The molecule has 0 atom stereocenters. The molecule has 2 aromatic carbocycles. The Morgan fingerprint density at radius 2 is 1.47 bits per heavy atom. The maximum Gasteiger partial charge on any atom is 0.417 e. The summed E-state index contributed by atoms with van der Waals surface area (Å²) in [5.41, 5.74) is -1.61. The van der Waals surface area contributed by atoms with Gasteiger partial charge in [0, 0.05) is 23.6 Å². The highest BCUT2D eigenvalue weighted by molar-refractivity contribution is 5.84. The molecule has 0 amide bonds. The van der Waals surface area contributed by atoms with Crippen molar-refractivity contribution in [2.75, 3.05) is 5.32 Å². The molecule has 0 aliphatic rings. The SMILES string of the molecule is O=c1cc(Nc2ccc(F)cc2)n(-c2ccc(F)cc2)c2nccc(C(F)(F)F)c12. The van der Waals surface area contributed by atoms with E-state index in [1.165, 1.54) is 41.0 Å². The number of anilines is 2. The number of rotatable bonds is 3. The van der Waals surface area contributed by atoms with E-state index in [1.54, 1.807) is 0 Å². The number of hydrogen-bond donors (Lipinski definition) is 1. The van der Waals surface area contributed by atoms with E-state index in [4.69, 9.17) is 0 Å². The molecule has 4 rings (SSSR count). The number of hydrogen-bond acceptors (Lipinski definition) is 3. The topological polar surface area (TPSA) is 46.9 Å². The molecule has 0 radical (unpaired) electrons. The van der Waals surface area contributed by atoms with Crippen molar-refractivity contribution < 1.29 is 22.0 Å². The summed E-state index contributed by atoms with van der Waals surface area (Å²) >= 11 is 0. The summed E-state index contributed by atoms with van der Waals surface area (Å²) in [4.78, 5) is 16.6. The van der Waals surface area contributed by atoms with Crippen LogP contribution in [0.5, 0.6) is 0 Å². The third kappa shape index (κ3) is 3.61. The zero-order chi connectivity index (χ0) is 21.5. The molecule has 0 unspecified atom stereocenters. The monoisotopic (exact) mass is 417 g/mol. The Balaban J connectivity index is 2.03. The summed E-state index contributed by atoms with van der Waals surface area (Å²) in [6.07, 6.45) is -3.82. The van der Waals surface area contributed by atoms with Crippen molar-refractivity contribution in [3.8, 4) is 5.69 Å². The van der Waals surface area contributed by atoms with Crippen LogP contribution >= 0.6 is 0 Å². The second-order valence-electron chi connectivity index (χ2n) is 6.39. The highest BCUT2D eigenvalue weighted by Gasteiger charge is 2.34. The van der Waals surface area contributed by atoms with Gasteiger partial charge in [0.25, 0.3) is 0 Å². The van der Waals surface area contributed by atoms with Crippen LogP contribution in [0.4, 0.5) is 33.5 Å².